The molecule has 10 heavy (non-hydrogen) atoms. The van der Waals surface area contributed by atoms with Crippen molar-refractivity contribution in [2.45, 2.75) is 38.1 Å². The number of hydrogen-bond acceptors (Lipinski definition) is 1. The lowest BCUT2D eigenvalue weighted by Crippen LogP contribution is -2.33. The van der Waals surface area contributed by atoms with Gasteiger partial charge in [-0.25, -0.2) is 4.39 Å². The van der Waals surface area contributed by atoms with Crippen molar-refractivity contribution < 1.29 is 4.39 Å². The minimum Gasteiger partial charge on any atom is -0.325 e. The summed E-state index contributed by atoms with van der Waals surface area (Å²) in [5.74, 6) is 0.471. The van der Waals surface area contributed by atoms with Crippen LogP contribution < -0.4 is 5.73 Å². The first kappa shape index (κ1) is 7.99. The molecule has 2 heteroatoms. The second-order valence-corrected chi connectivity index (χ2v) is 3.22. The van der Waals surface area contributed by atoms with Gasteiger partial charge in [0.15, 0.2) is 0 Å². The molecule has 0 aromatic heterocycles. The zero-order valence-electron chi connectivity index (χ0n) is 6.35. The molecule has 0 aromatic carbocycles. The SMILES string of the molecule is N[C@@H](CF)C1CCCCC1. The Morgan fingerprint density at radius 2 is 1.90 bits per heavy atom. The largest absolute Gasteiger partial charge is 0.325 e. The van der Waals surface area contributed by atoms with E-state index < -0.39 is 0 Å². The summed E-state index contributed by atoms with van der Waals surface area (Å²) in [6.07, 6.45) is 6.10. The highest BCUT2D eigenvalue weighted by Crippen LogP contribution is 2.25. The average molecular weight is 145 g/mol. The van der Waals surface area contributed by atoms with Gasteiger partial charge in [0.2, 0.25) is 0 Å². The zero-order valence-corrected chi connectivity index (χ0v) is 6.35. The van der Waals surface area contributed by atoms with Crippen LogP contribution in [0.3, 0.4) is 0 Å². The van der Waals surface area contributed by atoms with Gasteiger partial charge >= 0.3 is 0 Å². The normalized spacial score (nSPS) is 24.6. The molecule has 2 N–H and O–H groups in total. The fourth-order valence-electron chi connectivity index (χ4n) is 1.69. The lowest BCUT2D eigenvalue weighted by molar-refractivity contribution is 0.265. The smallest absolute Gasteiger partial charge is 0.105 e. The van der Waals surface area contributed by atoms with E-state index in [9.17, 15) is 4.39 Å². The van der Waals surface area contributed by atoms with E-state index in [2.05, 4.69) is 0 Å². The molecule has 1 saturated carbocycles. The summed E-state index contributed by atoms with van der Waals surface area (Å²) in [5.41, 5.74) is 5.57. The van der Waals surface area contributed by atoms with Crippen LogP contribution in [0.25, 0.3) is 0 Å². The highest BCUT2D eigenvalue weighted by Gasteiger charge is 2.19. The third-order valence-corrected chi connectivity index (χ3v) is 2.43. The number of rotatable bonds is 2. The molecule has 1 aliphatic carbocycles. The van der Waals surface area contributed by atoms with E-state index in [4.69, 9.17) is 5.73 Å². The molecule has 0 heterocycles. The van der Waals surface area contributed by atoms with E-state index in [0.717, 1.165) is 12.8 Å². The topological polar surface area (TPSA) is 26.0 Å². The molecule has 0 aliphatic heterocycles. The number of alkyl halides is 1. The minimum atomic E-state index is -0.343. The molecule has 0 saturated heterocycles. The van der Waals surface area contributed by atoms with Gasteiger partial charge in [-0.15, -0.1) is 0 Å². The van der Waals surface area contributed by atoms with E-state index >= 15 is 0 Å². The summed E-state index contributed by atoms with van der Waals surface area (Å²) in [5, 5.41) is 0. The first-order chi connectivity index (χ1) is 4.84. The van der Waals surface area contributed by atoms with Gasteiger partial charge < -0.3 is 5.73 Å². The number of halogens is 1. The van der Waals surface area contributed by atoms with Crippen molar-refractivity contribution in [2.75, 3.05) is 6.67 Å². The molecular weight excluding hydrogens is 129 g/mol. The molecule has 0 radical (unpaired) electrons. The van der Waals surface area contributed by atoms with Crippen LogP contribution in [0.5, 0.6) is 0 Å². The van der Waals surface area contributed by atoms with E-state index in [-0.39, 0.29) is 12.7 Å². The molecule has 60 valence electrons. The average Bonchev–Trinajstić information content (AvgIpc) is 2.05. The van der Waals surface area contributed by atoms with Gasteiger partial charge in [0, 0.05) is 6.04 Å². The maximum Gasteiger partial charge on any atom is 0.105 e. The minimum absolute atomic E-state index is 0.180. The maximum absolute atomic E-state index is 12.0. The van der Waals surface area contributed by atoms with Crippen molar-refractivity contribution in [3.05, 3.63) is 0 Å². The van der Waals surface area contributed by atoms with Gasteiger partial charge in [0.25, 0.3) is 0 Å². The fourth-order valence-corrected chi connectivity index (χ4v) is 1.69. The molecular formula is C8H16FN. The van der Waals surface area contributed by atoms with Crippen molar-refractivity contribution in [2.24, 2.45) is 11.7 Å². The molecule has 0 spiro atoms. The zero-order chi connectivity index (χ0) is 7.40. The van der Waals surface area contributed by atoms with Gasteiger partial charge in [-0.3, -0.25) is 0 Å². The van der Waals surface area contributed by atoms with Gasteiger partial charge in [-0.2, -0.15) is 0 Å². The molecule has 1 fully saturated rings. The second-order valence-electron chi connectivity index (χ2n) is 3.22. The third kappa shape index (κ3) is 1.94. The molecule has 1 aliphatic rings. The highest BCUT2D eigenvalue weighted by molar-refractivity contribution is 4.75. The van der Waals surface area contributed by atoms with E-state index in [1.54, 1.807) is 0 Å². The molecule has 1 nitrogen and oxygen atoms in total. The Morgan fingerprint density at radius 3 is 2.40 bits per heavy atom. The number of hydrogen-bond donors (Lipinski definition) is 1. The predicted molar refractivity (Wildman–Crippen MR) is 40.5 cm³/mol. The van der Waals surface area contributed by atoms with Gasteiger partial charge in [0.05, 0.1) is 0 Å². The summed E-state index contributed by atoms with van der Waals surface area (Å²) in [6, 6.07) is -0.180. The monoisotopic (exact) mass is 145 g/mol. The maximum atomic E-state index is 12.0. The molecule has 0 amide bonds. The van der Waals surface area contributed by atoms with E-state index in [1.165, 1.54) is 19.3 Å². The lowest BCUT2D eigenvalue weighted by atomic mass is 9.85. The van der Waals surface area contributed by atoms with Crippen LogP contribution in [-0.4, -0.2) is 12.7 Å². The van der Waals surface area contributed by atoms with Gasteiger partial charge in [-0.1, -0.05) is 19.3 Å². The molecule has 1 rings (SSSR count). The standard InChI is InChI=1S/C8H16FN/c9-6-8(10)7-4-2-1-3-5-7/h7-8H,1-6,10H2/t8-/m0/s1. The fraction of sp³-hybridized carbons (Fsp3) is 1.00. The van der Waals surface area contributed by atoms with Crippen LogP contribution in [0, 0.1) is 5.92 Å². The summed E-state index contributed by atoms with van der Waals surface area (Å²) >= 11 is 0. The van der Waals surface area contributed by atoms with Gasteiger partial charge in [-0.05, 0) is 18.8 Å². The van der Waals surface area contributed by atoms with Crippen LogP contribution in [0.4, 0.5) is 4.39 Å². The van der Waals surface area contributed by atoms with Gasteiger partial charge in [0.1, 0.15) is 6.67 Å². The van der Waals surface area contributed by atoms with Crippen LogP contribution in [-0.2, 0) is 0 Å². The molecule has 1 atom stereocenters. The Bertz CT molecular complexity index is 89.3. The second kappa shape index (κ2) is 3.91. The van der Waals surface area contributed by atoms with Crippen molar-refractivity contribution in [3.63, 3.8) is 0 Å². The van der Waals surface area contributed by atoms with Crippen LogP contribution in [0.2, 0.25) is 0 Å². The Balaban J connectivity index is 2.24. The quantitative estimate of drug-likeness (QED) is 0.630. The number of nitrogens with two attached hydrogens (primary N) is 1. The predicted octanol–water partition coefficient (Wildman–Crippen LogP) is 1.86. The lowest BCUT2D eigenvalue weighted by Gasteiger charge is -2.25. The third-order valence-electron chi connectivity index (χ3n) is 2.43. The Labute approximate surface area is 61.8 Å². The summed E-state index contributed by atoms with van der Waals surface area (Å²) in [7, 11) is 0. The molecule has 0 aromatic rings. The summed E-state index contributed by atoms with van der Waals surface area (Å²) < 4.78 is 12.0. The summed E-state index contributed by atoms with van der Waals surface area (Å²) in [6.45, 7) is -0.343. The Hall–Kier alpha value is -0.110. The molecule has 0 bridgehead atoms. The Kier molecular flexibility index (Phi) is 3.13. The van der Waals surface area contributed by atoms with Crippen molar-refractivity contribution in [3.8, 4) is 0 Å². The van der Waals surface area contributed by atoms with Crippen molar-refractivity contribution in [1.82, 2.24) is 0 Å². The van der Waals surface area contributed by atoms with Crippen LogP contribution in [0.1, 0.15) is 32.1 Å². The first-order valence-corrected chi connectivity index (χ1v) is 4.16. The Morgan fingerprint density at radius 1 is 1.30 bits per heavy atom. The van der Waals surface area contributed by atoms with Crippen molar-refractivity contribution >= 4 is 0 Å². The van der Waals surface area contributed by atoms with Crippen molar-refractivity contribution in [1.29, 1.82) is 0 Å². The molecule has 0 unspecified atom stereocenters. The van der Waals surface area contributed by atoms with E-state index in [1.807, 2.05) is 0 Å². The van der Waals surface area contributed by atoms with Crippen LogP contribution >= 0.6 is 0 Å². The highest BCUT2D eigenvalue weighted by atomic mass is 19.1. The summed E-state index contributed by atoms with van der Waals surface area (Å²) in [4.78, 5) is 0. The van der Waals surface area contributed by atoms with E-state index in [0.29, 0.717) is 5.92 Å². The first-order valence-electron chi connectivity index (χ1n) is 4.16. The van der Waals surface area contributed by atoms with Crippen LogP contribution in [0.15, 0.2) is 0 Å².